The van der Waals surface area contributed by atoms with Crippen molar-refractivity contribution in [2.75, 3.05) is 0 Å². The fraction of sp³-hybridized carbons (Fsp3) is 0.389. The second-order valence-electron chi connectivity index (χ2n) is 7.39. The summed E-state index contributed by atoms with van der Waals surface area (Å²) in [5, 5.41) is 25.6. The summed E-state index contributed by atoms with van der Waals surface area (Å²) >= 11 is 0. The van der Waals surface area contributed by atoms with Crippen molar-refractivity contribution in [1.29, 1.82) is 0 Å². The number of aromatic hydroxyl groups is 1. The van der Waals surface area contributed by atoms with Gasteiger partial charge in [-0.3, -0.25) is 19.7 Å². The molecule has 3 fully saturated rings. The van der Waals surface area contributed by atoms with Crippen molar-refractivity contribution in [2.24, 2.45) is 40.6 Å². The lowest BCUT2D eigenvalue weighted by Crippen LogP contribution is -2.40. The third kappa shape index (κ3) is 1.92. The van der Waals surface area contributed by atoms with Crippen molar-refractivity contribution in [3.8, 4) is 5.75 Å². The van der Waals surface area contributed by atoms with Gasteiger partial charge in [0.1, 0.15) is 5.75 Å². The van der Waals surface area contributed by atoms with Crippen LogP contribution in [0.2, 0.25) is 0 Å². The SMILES string of the molecule is O=C1[C@@H]2[C@@H]3C=C[C@H]([C@H]4C[C@H]34)[C@@H]2C(=O)N1/N=C/c1cc([N+](=O)[O-])ccc1O. The average Bonchev–Trinajstić information content (AvgIpc) is 3.40. The minimum atomic E-state index is -0.590. The number of nitrogens with zero attached hydrogens (tertiary/aromatic N) is 3. The van der Waals surface area contributed by atoms with Crippen LogP contribution in [-0.2, 0) is 9.59 Å². The monoisotopic (exact) mass is 353 g/mol. The second kappa shape index (κ2) is 5.00. The van der Waals surface area contributed by atoms with E-state index in [4.69, 9.17) is 0 Å². The number of carbonyl (C=O) groups excluding carboxylic acids is 2. The van der Waals surface area contributed by atoms with E-state index < -0.39 is 4.92 Å². The predicted molar refractivity (Wildman–Crippen MR) is 88.9 cm³/mol. The van der Waals surface area contributed by atoms with Gasteiger partial charge in [-0.25, -0.2) is 0 Å². The Morgan fingerprint density at radius 3 is 2.35 bits per heavy atom. The Kier molecular flexibility index (Phi) is 2.93. The quantitative estimate of drug-likeness (QED) is 0.292. The number of phenols is 1. The first-order chi connectivity index (χ1) is 12.5. The Morgan fingerprint density at radius 2 is 1.77 bits per heavy atom. The van der Waals surface area contributed by atoms with Gasteiger partial charge in [0.15, 0.2) is 0 Å². The molecule has 1 aliphatic heterocycles. The van der Waals surface area contributed by atoms with Crippen molar-refractivity contribution in [1.82, 2.24) is 5.01 Å². The number of benzene rings is 1. The highest BCUT2D eigenvalue weighted by molar-refractivity contribution is 6.06. The molecule has 1 aromatic rings. The Hall–Kier alpha value is -3.03. The molecule has 8 heteroatoms. The Labute approximate surface area is 147 Å². The summed E-state index contributed by atoms with van der Waals surface area (Å²) < 4.78 is 0. The second-order valence-corrected chi connectivity index (χ2v) is 7.39. The Balaban J connectivity index is 1.45. The molecule has 0 unspecified atom stereocenters. The van der Waals surface area contributed by atoms with Crippen LogP contribution in [0.15, 0.2) is 35.5 Å². The standard InChI is InChI=1S/C18H15N3O5/c22-14-4-1-9(21(25)26)5-8(14)7-19-20-17(23)15-10-2-3-11(13-6-12(10)13)16(15)18(20)24/h1-5,7,10-13,15-16,22H,6H2/b19-7+/t10-,11-,12-,13-,15-,16+/m1/s1. The predicted octanol–water partition coefficient (Wildman–Crippen LogP) is 1.69. The highest BCUT2D eigenvalue weighted by atomic mass is 16.6. The van der Waals surface area contributed by atoms with Crippen LogP contribution in [0.5, 0.6) is 5.75 Å². The number of carbonyl (C=O) groups is 2. The van der Waals surface area contributed by atoms with Crippen LogP contribution < -0.4 is 0 Å². The number of phenolic OH excluding ortho intramolecular Hbond substituents is 1. The number of hydrogen-bond acceptors (Lipinski definition) is 6. The van der Waals surface area contributed by atoms with Crippen LogP contribution in [0.25, 0.3) is 0 Å². The number of hydrazone groups is 1. The Morgan fingerprint density at radius 1 is 1.15 bits per heavy atom. The number of amides is 2. The lowest BCUT2D eigenvalue weighted by molar-refractivity contribution is -0.384. The molecule has 26 heavy (non-hydrogen) atoms. The summed E-state index contributed by atoms with van der Waals surface area (Å²) in [5.41, 5.74) is -0.127. The maximum absolute atomic E-state index is 12.8. The largest absolute Gasteiger partial charge is 0.507 e. The summed E-state index contributed by atoms with van der Waals surface area (Å²) in [4.78, 5) is 35.8. The molecule has 1 N–H and O–H groups in total. The molecule has 2 saturated carbocycles. The molecular formula is C18H15N3O5. The van der Waals surface area contributed by atoms with Crippen LogP contribution in [0.4, 0.5) is 5.69 Å². The lowest BCUT2D eigenvalue weighted by atomic mass is 9.63. The molecule has 5 aliphatic rings. The first kappa shape index (κ1) is 15.2. The highest BCUT2D eigenvalue weighted by Crippen LogP contribution is 2.65. The van der Waals surface area contributed by atoms with Gasteiger partial charge in [0, 0.05) is 17.7 Å². The maximum Gasteiger partial charge on any atom is 0.270 e. The van der Waals surface area contributed by atoms with Crippen molar-refractivity contribution < 1.29 is 19.6 Å². The number of nitro benzene ring substituents is 1. The zero-order valence-electron chi connectivity index (χ0n) is 13.6. The minimum Gasteiger partial charge on any atom is -0.507 e. The van der Waals surface area contributed by atoms with E-state index in [2.05, 4.69) is 17.3 Å². The number of allylic oxidation sites excluding steroid dienone is 2. The topological polar surface area (TPSA) is 113 Å². The van der Waals surface area contributed by atoms with E-state index in [0.29, 0.717) is 11.8 Å². The number of nitro groups is 1. The molecule has 2 bridgehead atoms. The summed E-state index contributed by atoms with van der Waals surface area (Å²) in [6.45, 7) is 0. The average molecular weight is 353 g/mol. The Bertz CT molecular complexity index is 887. The van der Waals surface area contributed by atoms with E-state index >= 15 is 0 Å². The van der Waals surface area contributed by atoms with E-state index in [9.17, 15) is 24.8 Å². The van der Waals surface area contributed by atoms with Crippen LogP contribution in [0, 0.1) is 45.6 Å². The number of imide groups is 1. The van der Waals surface area contributed by atoms with Gasteiger partial charge in [-0.15, -0.1) is 0 Å². The van der Waals surface area contributed by atoms with Gasteiger partial charge in [-0.1, -0.05) is 12.2 Å². The van der Waals surface area contributed by atoms with Crippen molar-refractivity contribution in [2.45, 2.75) is 6.42 Å². The van der Waals surface area contributed by atoms with Gasteiger partial charge in [-0.05, 0) is 36.2 Å². The van der Waals surface area contributed by atoms with Gasteiger partial charge in [0.2, 0.25) is 0 Å². The molecule has 6 atom stereocenters. The van der Waals surface area contributed by atoms with Crippen molar-refractivity contribution in [3.63, 3.8) is 0 Å². The van der Waals surface area contributed by atoms with E-state index in [-0.39, 0.29) is 52.5 Å². The smallest absolute Gasteiger partial charge is 0.270 e. The first-order valence-corrected chi connectivity index (χ1v) is 8.55. The molecule has 132 valence electrons. The zero-order chi connectivity index (χ0) is 18.2. The van der Waals surface area contributed by atoms with Crippen molar-refractivity contribution in [3.05, 3.63) is 46.0 Å². The van der Waals surface area contributed by atoms with Gasteiger partial charge in [-0.2, -0.15) is 10.1 Å². The third-order valence-corrected chi connectivity index (χ3v) is 6.17. The minimum absolute atomic E-state index is 0.0821. The molecule has 6 rings (SSSR count). The van der Waals surface area contributed by atoms with Crippen LogP contribution in [-0.4, -0.2) is 33.1 Å². The van der Waals surface area contributed by atoms with Crippen LogP contribution >= 0.6 is 0 Å². The molecular weight excluding hydrogens is 338 g/mol. The summed E-state index contributed by atoms with van der Waals surface area (Å²) in [6, 6.07) is 3.50. The molecule has 1 aromatic carbocycles. The van der Waals surface area contributed by atoms with E-state index in [1.54, 1.807) is 0 Å². The highest BCUT2D eigenvalue weighted by Gasteiger charge is 2.67. The van der Waals surface area contributed by atoms with Gasteiger partial charge in [0.05, 0.1) is 23.0 Å². The maximum atomic E-state index is 12.8. The lowest BCUT2D eigenvalue weighted by Gasteiger charge is -2.37. The van der Waals surface area contributed by atoms with Crippen LogP contribution in [0.1, 0.15) is 12.0 Å². The van der Waals surface area contributed by atoms with Gasteiger partial charge < -0.3 is 5.11 Å². The van der Waals surface area contributed by atoms with Gasteiger partial charge >= 0.3 is 0 Å². The molecule has 4 aliphatic carbocycles. The molecule has 2 amide bonds. The van der Waals surface area contributed by atoms with Gasteiger partial charge in [0.25, 0.3) is 17.5 Å². The fourth-order valence-electron chi connectivity index (χ4n) is 4.93. The van der Waals surface area contributed by atoms with Crippen LogP contribution in [0.3, 0.4) is 0 Å². The molecule has 0 aromatic heterocycles. The molecule has 0 radical (unpaired) electrons. The molecule has 0 spiro atoms. The van der Waals surface area contributed by atoms with E-state index in [0.717, 1.165) is 23.7 Å². The molecule has 1 heterocycles. The van der Waals surface area contributed by atoms with E-state index in [1.807, 2.05) is 0 Å². The van der Waals surface area contributed by atoms with E-state index in [1.165, 1.54) is 12.1 Å². The fourth-order valence-corrected chi connectivity index (χ4v) is 4.93. The number of hydrogen-bond donors (Lipinski definition) is 1. The number of rotatable bonds is 3. The third-order valence-electron chi connectivity index (χ3n) is 6.17. The van der Waals surface area contributed by atoms with Crippen molar-refractivity contribution >= 4 is 23.7 Å². The summed E-state index contributed by atoms with van der Waals surface area (Å²) in [7, 11) is 0. The summed E-state index contributed by atoms with van der Waals surface area (Å²) in [5.74, 6) is -0.305. The number of non-ortho nitro benzene ring substituents is 1. The first-order valence-electron chi connectivity index (χ1n) is 8.55. The zero-order valence-corrected chi connectivity index (χ0v) is 13.6. The molecule has 1 saturated heterocycles. The molecule has 8 nitrogen and oxygen atoms in total. The normalized spacial score (nSPS) is 36.5. The summed E-state index contributed by atoms with van der Waals surface area (Å²) in [6.07, 6.45) is 6.36.